The molecule has 0 aliphatic rings. The molecule has 1 rings (SSSR count). The molecule has 0 bridgehead atoms. The van der Waals surface area contributed by atoms with Gasteiger partial charge in [-0.05, 0) is 13.8 Å². The summed E-state index contributed by atoms with van der Waals surface area (Å²) in [6.45, 7) is 5.79. The second-order valence-electron chi connectivity index (χ2n) is 2.99. The van der Waals surface area contributed by atoms with Gasteiger partial charge in [-0.15, -0.1) is 0 Å². The predicted molar refractivity (Wildman–Crippen MR) is 63.9 cm³/mol. The van der Waals surface area contributed by atoms with Gasteiger partial charge in [0.15, 0.2) is 4.64 Å². The minimum Gasteiger partial charge on any atom is -0.468 e. The molecular formula is C9H16N4OS. The number of H-pyrrole nitrogens is 1. The second-order valence-corrected chi connectivity index (χ2v) is 3.37. The Bertz CT molecular complexity index is 386. The lowest BCUT2D eigenvalue weighted by molar-refractivity contribution is 0.379. The van der Waals surface area contributed by atoms with Crippen molar-refractivity contribution in [2.45, 2.75) is 13.8 Å². The van der Waals surface area contributed by atoms with Crippen molar-refractivity contribution < 1.29 is 4.74 Å². The SMILES string of the molecule is CCN(CC)c1[nH]c(OC)nc(=S)c1N. The summed E-state index contributed by atoms with van der Waals surface area (Å²) in [4.78, 5) is 9.06. The molecule has 0 spiro atoms. The zero-order valence-corrected chi connectivity index (χ0v) is 10.0. The van der Waals surface area contributed by atoms with E-state index in [0.29, 0.717) is 16.3 Å². The molecule has 6 heteroatoms. The average molecular weight is 228 g/mol. The standard InChI is InChI=1S/C9H16N4OS/c1-4-13(5-2)7-6(10)8(15)12-9(11-7)14-3/h4-5,10H2,1-3H3,(H,11,12,15). The van der Waals surface area contributed by atoms with E-state index in [1.54, 1.807) is 0 Å². The zero-order valence-electron chi connectivity index (χ0n) is 9.20. The normalized spacial score (nSPS) is 10.1. The number of hydrogen-bond donors (Lipinski definition) is 2. The molecule has 0 unspecified atom stereocenters. The number of nitrogens with zero attached hydrogens (tertiary/aromatic N) is 2. The van der Waals surface area contributed by atoms with Crippen LogP contribution in [0.2, 0.25) is 0 Å². The van der Waals surface area contributed by atoms with Crippen molar-refractivity contribution in [1.82, 2.24) is 9.97 Å². The van der Waals surface area contributed by atoms with Crippen LogP contribution in [0.25, 0.3) is 0 Å². The number of nitrogens with one attached hydrogen (secondary N) is 1. The number of nitrogen functional groups attached to an aromatic ring is 1. The van der Waals surface area contributed by atoms with Gasteiger partial charge in [-0.3, -0.25) is 4.98 Å². The van der Waals surface area contributed by atoms with Crippen molar-refractivity contribution in [3.63, 3.8) is 0 Å². The van der Waals surface area contributed by atoms with Gasteiger partial charge in [-0.25, -0.2) is 0 Å². The minimum atomic E-state index is 0.368. The first-order chi connectivity index (χ1) is 7.13. The van der Waals surface area contributed by atoms with Crippen LogP contribution in [0.4, 0.5) is 11.5 Å². The van der Waals surface area contributed by atoms with Crippen LogP contribution < -0.4 is 15.4 Å². The van der Waals surface area contributed by atoms with E-state index in [9.17, 15) is 0 Å². The molecule has 0 radical (unpaired) electrons. The van der Waals surface area contributed by atoms with Gasteiger partial charge in [-0.1, -0.05) is 12.2 Å². The van der Waals surface area contributed by atoms with E-state index in [1.165, 1.54) is 7.11 Å². The van der Waals surface area contributed by atoms with E-state index < -0.39 is 0 Å². The summed E-state index contributed by atoms with van der Waals surface area (Å²) in [5.74, 6) is 0.775. The van der Waals surface area contributed by atoms with Gasteiger partial charge in [0.2, 0.25) is 0 Å². The maximum Gasteiger partial charge on any atom is 0.296 e. The van der Waals surface area contributed by atoms with E-state index in [0.717, 1.165) is 18.9 Å². The molecule has 0 fully saturated rings. The highest BCUT2D eigenvalue weighted by molar-refractivity contribution is 7.71. The molecule has 15 heavy (non-hydrogen) atoms. The Morgan fingerprint density at radius 2 is 2.07 bits per heavy atom. The highest BCUT2D eigenvalue weighted by Gasteiger charge is 2.10. The molecule has 3 N–H and O–H groups in total. The number of aromatic nitrogens is 2. The van der Waals surface area contributed by atoms with Gasteiger partial charge in [0.25, 0.3) is 6.01 Å². The monoisotopic (exact) mass is 228 g/mol. The molecule has 5 nitrogen and oxygen atoms in total. The fourth-order valence-corrected chi connectivity index (χ4v) is 1.52. The summed E-state index contributed by atoms with van der Waals surface area (Å²) < 4.78 is 5.38. The molecule has 0 aliphatic heterocycles. The van der Waals surface area contributed by atoms with E-state index >= 15 is 0 Å². The summed E-state index contributed by atoms with van der Waals surface area (Å²) in [6, 6.07) is 0.385. The van der Waals surface area contributed by atoms with E-state index in [2.05, 4.69) is 14.9 Å². The number of ether oxygens (including phenoxy) is 1. The van der Waals surface area contributed by atoms with Crippen molar-refractivity contribution in [3.05, 3.63) is 4.64 Å². The smallest absolute Gasteiger partial charge is 0.296 e. The number of rotatable bonds is 4. The van der Waals surface area contributed by atoms with Gasteiger partial charge in [0.1, 0.15) is 11.5 Å². The molecule has 0 saturated heterocycles. The lowest BCUT2D eigenvalue weighted by atomic mass is 10.4. The van der Waals surface area contributed by atoms with Crippen LogP contribution in [-0.2, 0) is 0 Å². The Morgan fingerprint density at radius 1 is 1.47 bits per heavy atom. The third-order valence-electron chi connectivity index (χ3n) is 2.19. The second kappa shape index (κ2) is 4.97. The molecule has 84 valence electrons. The first-order valence-electron chi connectivity index (χ1n) is 4.82. The molecule has 1 heterocycles. The number of aromatic amines is 1. The summed E-state index contributed by atoms with van der Waals surface area (Å²) in [5.41, 5.74) is 6.36. The number of hydrogen-bond acceptors (Lipinski definition) is 5. The van der Waals surface area contributed by atoms with Crippen molar-refractivity contribution in [2.24, 2.45) is 0 Å². The van der Waals surface area contributed by atoms with Crippen molar-refractivity contribution in [1.29, 1.82) is 0 Å². The van der Waals surface area contributed by atoms with Crippen LogP contribution in [0, 0.1) is 4.64 Å². The molecule has 0 saturated carbocycles. The van der Waals surface area contributed by atoms with E-state index in [-0.39, 0.29) is 0 Å². The summed E-state index contributed by atoms with van der Waals surface area (Å²) in [6.07, 6.45) is 0. The highest BCUT2D eigenvalue weighted by atomic mass is 32.1. The minimum absolute atomic E-state index is 0.368. The molecule has 0 atom stereocenters. The molecule has 0 aromatic carbocycles. The molecule has 1 aromatic rings. The fourth-order valence-electron chi connectivity index (χ4n) is 1.34. The van der Waals surface area contributed by atoms with Crippen LogP contribution in [0.3, 0.4) is 0 Å². The van der Waals surface area contributed by atoms with Crippen molar-refractivity contribution in [2.75, 3.05) is 30.8 Å². The molecular weight excluding hydrogens is 212 g/mol. The summed E-state index contributed by atoms with van der Waals surface area (Å²) >= 11 is 5.05. The first-order valence-corrected chi connectivity index (χ1v) is 5.23. The van der Waals surface area contributed by atoms with Crippen LogP contribution in [0.5, 0.6) is 6.01 Å². The van der Waals surface area contributed by atoms with Gasteiger partial charge >= 0.3 is 0 Å². The maximum atomic E-state index is 5.86. The van der Waals surface area contributed by atoms with Crippen molar-refractivity contribution >= 4 is 23.7 Å². The van der Waals surface area contributed by atoms with E-state index in [1.807, 2.05) is 13.8 Å². The zero-order chi connectivity index (χ0) is 11.4. The van der Waals surface area contributed by atoms with Gasteiger partial charge in [0.05, 0.1) is 7.11 Å². The fraction of sp³-hybridized carbons (Fsp3) is 0.556. The summed E-state index contributed by atoms with van der Waals surface area (Å²) in [7, 11) is 1.54. The number of anilines is 2. The quantitative estimate of drug-likeness (QED) is 0.766. The highest BCUT2D eigenvalue weighted by Crippen LogP contribution is 2.22. The van der Waals surface area contributed by atoms with E-state index in [4.69, 9.17) is 22.7 Å². The third-order valence-corrected chi connectivity index (χ3v) is 2.50. The van der Waals surface area contributed by atoms with Gasteiger partial charge < -0.3 is 15.4 Å². The number of methoxy groups -OCH3 is 1. The average Bonchev–Trinajstić information content (AvgIpc) is 2.25. The lowest BCUT2D eigenvalue weighted by Gasteiger charge is -2.22. The third kappa shape index (κ3) is 2.38. The predicted octanol–water partition coefficient (Wildman–Crippen LogP) is 1.58. The van der Waals surface area contributed by atoms with Gasteiger partial charge in [-0.2, -0.15) is 4.98 Å². The molecule has 1 aromatic heterocycles. The van der Waals surface area contributed by atoms with Crippen molar-refractivity contribution in [3.8, 4) is 6.01 Å². The summed E-state index contributed by atoms with van der Waals surface area (Å²) in [5, 5.41) is 0. The largest absolute Gasteiger partial charge is 0.468 e. The van der Waals surface area contributed by atoms with Crippen LogP contribution in [-0.4, -0.2) is 30.2 Å². The Labute approximate surface area is 94.3 Å². The maximum absolute atomic E-state index is 5.86. The van der Waals surface area contributed by atoms with Crippen LogP contribution >= 0.6 is 12.2 Å². The molecule has 0 aliphatic carbocycles. The Kier molecular flexibility index (Phi) is 3.90. The first kappa shape index (κ1) is 11.8. The number of nitrogens with two attached hydrogens (primary N) is 1. The Balaban J connectivity index is 3.26. The topological polar surface area (TPSA) is 67.2 Å². The van der Waals surface area contributed by atoms with Gasteiger partial charge in [0, 0.05) is 13.1 Å². The molecule has 0 amide bonds. The van der Waals surface area contributed by atoms with Crippen LogP contribution in [0.15, 0.2) is 0 Å². The van der Waals surface area contributed by atoms with Crippen LogP contribution in [0.1, 0.15) is 13.8 Å². The Hall–Kier alpha value is -1.30. The lowest BCUT2D eigenvalue weighted by Crippen LogP contribution is -2.24. The Morgan fingerprint density at radius 3 is 2.53 bits per heavy atom.